The Balaban J connectivity index is 1.49. The molecule has 0 radical (unpaired) electrons. The summed E-state index contributed by atoms with van der Waals surface area (Å²) >= 11 is 0. The van der Waals surface area contributed by atoms with E-state index in [1.54, 1.807) is 12.4 Å². The Morgan fingerprint density at radius 3 is 3.08 bits per heavy atom. The molecule has 5 rings (SSSR count). The molecule has 3 atom stereocenters. The summed E-state index contributed by atoms with van der Waals surface area (Å²) in [4.78, 5) is 4.24. The Morgan fingerprint density at radius 2 is 2.19 bits per heavy atom. The van der Waals surface area contributed by atoms with E-state index in [9.17, 15) is 9.50 Å². The van der Waals surface area contributed by atoms with Crippen LogP contribution in [-0.2, 0) is 6.42 Å². The van der Waals surface area contributed by atoms with Crippen LogP contribution in [0.5, 0.6) is 5.75 Å². The van der Waals surface area contributed by atoms with Gasteiger partial charge in [-0.1, -0.05) is 24.3 Å². The number of halogens is 1. The standard InChI is InChI=1S/C21H19FN2O2/c1-12-6-13-7-16(17(22)8-21(13)26-12)20(25)9-18-14-4-2-3-5-15(14)19-10-23-11-24(18)19/h2-5,7-8,10-12,18,20,25H,6,9H2,1H3. The number of imidazole rings is 1. The average molecular weight is 350 g/mol. The third-order valence-electron chi connectivity index (χ3n) is 5.42. The van der Waals surface area contributed by atoms with E-state index in [1.165, 1.54) is 6.07 Å². The smallest absolute Gasteiger partial charge is 0.132 e. The van der Waals surface area contributed by atoms with Crippen LogP contribution in [0.3, 0.4) is 0 Å². The van der Waals surface area contributed by atoms with E-state index in [0.717, 1.165) is 28.8 Å². The topological polar surface area (TPSA) is 47.3 Å². The molecule has 0 saturated heterocycles. The maximum absolute atomic E-state index is 14.6. The van der Waals surface area contributed by atoms with Gasteiger partial charge in [0.15, 0.2) is 0 Å². The highest BCUT2D eigenvalue weighted by atomic mass is 19.1. The third kappa shape index (κ3) is 2.27. The molecule has 0 aliphatic carbocycles. The molecular weight excluding hydrogens is 331 g/mol. The fourth-order valence-electron chi connectivity index (χ4n) is 4.22. The van der Waals surface area contributed by atoms with Crippen molar-refractivity contribution < 1.29 is 14.2 Å². The van der Waals surface area contributed by atoms with Crippen LogP contribution in [0, 0.1) is 5.82 Å². The zero-order valence-electron chi connectivity index (χ0n) is 14.4. The van der Waals surface area contributed by atoms with Gasteiger partial charge in [-0.05, 0) is 24.1 Å². The average Bonchev–Trinajstić information content (AvgIpc) is 3.29. The van der Waals surface area contributed by atoms with Crippen LogP contribution in [-0.4, -0.2) is 20.8 Å². The molecule has 2 aromatic carbocycles. The van der Waals surface area contributed by atoms with E-state index in [2.05, 4.69) is 21.7 Å². The van der Waals surface area contributed by atoms with Gasteiger partial charge in [-0.15, -0.1) is 0 Å². The lowest BCUT2D eigenvalue weighted by Crippen LogP contribution is -2.12. The molecule has 2 aliphatic heterocycles. The van der Waals surface area contributed by atoms with Gasteiger partial charge in [0.2, 0.25) is 0 Å². The number of ether oxygens (including phenoxy) is 1. The van der Waals surface area contributed by atoms with E-state index in [0.29, 0.717) is 17.7 Å². The Labute approximate surface area is 150 Å². The van der Waals surface area contributed by atoms with Crippen molar-refractivity contribution in [3.05, 3.63) is 71.4 Å². The number of aromatic nitrogens is 2. The summed E-state index contributed by atoms with van der Waals surface area (Å²) in [5.74, 6) is 0.177. The highest BCUT2D eigenvalue weighted by Gasteiger charge is 2.31. The van der Waals surface area contributed by atoms with Crippen molar-refractivity contribution in [2.45, 2.75) is 38.0 Å². The lowest BCUT2D eigenvalue weighted by molar-refractivity contribution is 0.149. The molecule has 132 valence electrons. The first-order valence-electron chi connectivity index (χ1n) is 8.90. The van der Waals surface area contributed by atoms with E-state index < -0.39 is 11.9 Å². The van der Waals surface area contributed by atoms with Crippen LogP contribution in [0.1, 0.15) is 42.2 Å². The first-order valence-corrected chi connectivity index (χ1v) is 8.90. The van der Waals surface area contributed by atoms with Crippen molar-refractivity contribution in [2.75, 3.05) is 0 Å². The number of hydrogen-bond donors (Lipinski definition) is 1. The number of aliphatic hydroxyl groups is 1. The Hall–Kier alpha value is -2.66. The summed E-state index contributed by atoms with van der Waals surface area (Å²) in [6, 6.07) is 11.2. The van der Waals surface area contributed by atoms with Crippen LogP contribution in [0.4, 0.5) is 4.39 Å². The SMILES string of the molecule is CC1Cc2cc(C(O)CC3c4ccccc4-c4cncn43)c(F)cc2O1. The monoisotopic (exact) mass is 350 g/mol. The highest BCUT2D eigenvalue weighted by Crippen LogP contribution is 2.43. The van der Waals surface area contributed by atoms with Crippen molar-refractivity contribution in [3.8, 4) is 17.0 Å². The molecule has 0 saturated carbocycles. The maximum atomic E-state index is 14.6. The molecule has 3 unspecified atom stereocenters. The summed E-state index contributed by atoms with van der Waals surface area (Å²) in [5, 5.41) is 10.8. The van der Waals surface area contributed by atoms with Crippen molar-refractivity contribution in [2.24, 2.45) is 0 Å². The molecule has 2 aliphatic rings. The molecular formula is C21H19FN2O2. The van der Waals surface area contributed by atoms with Crippen LogP contribution in [0.2, 0.25) is 0 Å². The van der Waals surface area contributed by atoms with E-state index in [4.69, 9.17) is 4.74 Å². The van der Waals surface area contributed by atoms with E-state index >= 15 is 0 Å². The van der Waals surface area contributed by atoms with Gasteiger partial charge in [0.1, 0.15) is 17.7 Å². The first-order chi connectivity index (χ1) is 12.6. The van der Waals surface area contributed by atoms with Gasteiger partial charge in [-0.25, -0.2) is 9.37 Å². The van der Waals surface area contributed by atoms with E-state index in [-0.39, 0.29) is 12.1 Å². The predicted molar refractivity (Wildman–Crippen MR) is 95.6 cm³/mol. The number of aliphatic hydroxyl groups excluding tert-OH is 1. The Kier molecular flexibility index (Phi) is 3.40. The molecule has 0 fully saturated rings. The Bertz CT molecular complexity index is 997. The zero-order chi connectivity index (χ0) is 17.8. The quantitative estimate of drug-likeness (QED) is 0.775. The van der Waals surface area contributed by atoms with Crippen LogP contribution in [0.25, 0.3) is 11.3 Å². The van der Waals surface area contributed by atoms with Gasteiger partial charge in [0.05, 0.1) is 30.4 Å². The van der Waals surface area contributed by atoms with Crippen molar-refractivity contribution in [1.29, 1.82) is 0 Å². The number of fused-ring (bicyclic) bond motifs is 4. The first kappa shape index (κ1) is 15.6. The molecule has 1 aromatic heterocycles. The van der Waals surface area contributed by atoms with Crippen LogP contribution in [0.15, 0.2) is 48.9 Å². The van der Waals surface area contributed by atoms with Crippen molar-refractivity contribution in [1.82, 2.24) is 9.55 Å². The van der Waals surface area contributed by atoms with Crippen molar-refractivity contribution in [3.63, 3.8) is 0 Å². The molecule has 1 N–H and O–H groups in total. The van der Waals surface area contributed by atoms with Gasteiger partial charge in [0.25, 0.3) is 0 Å². The summed E-state index contributed by atoms with van der Waals surface area (Å²) in [6.07, 6.45) is 3.90. The van der Waals surface area contributed by atoms with Crippen molar-refractivity contribution >= 4 is 0 Å². The fourth-order valence-corrected chi connectivity index (χ4v) is 4.22. The van der Waals surface area contributed by atoms with Gasteiger partial charge >= 0.3 is 0 Å². The molecule has 4 nitrogen and oxygen atoms in total. The second kappa shape index (κ2) is 5.68. The van der Waals surface area contributed by atoms with Gasteiger partial charge in [-0.2, -0.15) is 0 Å². The molecule has 0 bridgehead atoms. The largest absolute Gasteiger partial charge is 0.490 e. The van der Waals surface area contributed by atoms with Crippen LogP contribution >= 0.6 is 0 Å². The zero-order valence-corrected chi connectivity index (χ0v) is 14.4. The fraction of sp³-hybridized carbons (Fsp3) is 0.286. The minimum absolute atomic E-state index is 0.0482. The molecule has 5 heteroatoms. The predicted octanol–water partition coefficient (Wildman–Crippen LogP) is 4.04. The minimum Gasteiger partial charge on any atom is -0.490 e. The Morgan fingerprint density at radius 1 is 1.35 bits per heavy atom. The number of rotatable bonds is 3. The molecule has 3 aromatic rings. The molecule has 26 heavy (non-hydrogen) atoms. The summed E-state index contributed by atoms with van der Waals surface area (Å²) < 4.78 is 22.2. The van der Waals surface area contributed by atoms with Gasteiger partial charge in [-0.3, -0.25) is 0 Å². The molecule has 0 spiro atoms. The maximum Gasteiger partial charge on any atom is 0.132 e. The third-order valence-corrected chi connectivity index (χ3v) is 5.42. The summed E-state index contributed by atoms with van der Waals surface area (Å²) in [7, 11) is 0. The molecule has 3 heterocycles. The number of benzene rings is 2. The second-order valence-corrected chi connectivity index (χ2v) is 7.15. The molecule has 0 amide bonds. The summed E-state index contributed by atoms with van der Waals surface area (Å²) in [6.45, 7) is 1.96. The normalized spacial score (nSPS) is 21.0. The van der Waals surface area contributed by atoms with Crippen LogP contribution < -0.4 is 4.74 Å². The van der Waals surface area contributed by atoms with Gasteiger partial charge in [0, 0.05) is 30.0 Å². The van der Waals surface area contributed by atoms with E-state index in [1.807, 2.05) is 25.3 Å². The second-order valence-electron chi connectivity index (χ2n) is 7.15. The minimum atomic E-state index is -0.900. The highest BCUT2D eigenvalue weighted by molar-refractivity contribution is 5.69. The van der Waals surface area contributed by atoms with Gasteiger partial charge < -0.3 is 14.4 Å². The number of nitrogens with zero attached hydrogens (tertiary/aromatic N) is 2. The lowest BCUT2D eigenvalue weighted by atomic mass is 9.94. The summed E-state index contributed by atoms with van der Waals surface area (Å²) in [5.41, 5.74) is 4.60. The number of hydrogen-bond acceptors (Lipinski definition) is 3. The lowest BCUT2D eigenvalue weighted by Gasteiger charge is -2.20.